The Balaban J connectivity index is 2.89. The number of carbonyl (C=O) groups is 1. The summed E-state index contributed by atoms with van der Waals surface area (Å²) >= 11 is 0. The van der Waals surface area contributed by atoms with Crippen molar-refractivity contribution in [3.8, 4) is 0 Å². The van der Waals surface area contributed by atoms with Crippen molar-refractivity contribution in [3.05, 3.63) is 24.3 Å². The average molecular weight is 270 g/mol. The van der Waals surface area contributed by atoms with Crippen LogP contribution in [0.3, 0.4) is 0 Å². The number of benzene rings is 1. The Morgan fingerprint density at radius 2 is 2.00 bits per heavy atom. The highest BCUT2D eigenvalue weighted by molar-refractivity contribution is 7.90. The van der Waals surface area contributed by atoms with Crippen molar-refractivity contribution in [1.29, 1.82) is 0 Å². The summed E-state index contributed by atoms with van der Waals surface area (Å²) in [5.74, 6) is -0.277. The third kappa shape index (κ3) is 4.12. The summed E-state index contributed by atoms with van der Waals surface area (Å²) in [6.07, 6.45) is 1.98. The summed E-state index contributed by atoms with van der Waals surface area (Å²) in [6, 6.07) is 6.10. The van der Waals surface area contributed by atoms with Crippen LogP contribution in [0, 0.1) is 0 Å². The van der Waals surface area contributed by atoms with Crippen LogP contribution in [-0.4, -0.2) is 26.6 Å². The van der Waals surface area contributed by atoms with Gasteiger partial charge in [0.2, 0.25) is 5.91 Å². The highest BCUT2D eigenvalue weighted by atomic mass is 32.2. The smallest absolute Gasteiger partial charge is 0.225 e. The maximum absolute atomic E-state index is 11.7. The monoisotopic (exact) mass is 270 g/mol. The fourth-order valence-corrected chi connectivity index (χ4v) is 2.32. The molecule has 1 rings (SSSR count). The molecule has 18 heavy (non-hydrogen) atoms. The molecule has 0 bridgehead atoms. The first-order chi connectivity index (χ1) is 8.34. The molecule has 0 aromatic heterocycles. The fraction of sp³-hybridized carbons (Fsp3) is 0.417. The molecule has 0 aliphatic rings. The summed E-state index contributed by atoms with van der Waals surface area (Å²) in [5.41, 5.74) is 5.97. The first-order valence-corrected chi connectivity index (χ1v) is 7.58. The van der Waals surface area contributed by atoms with Gasteiger partial charge in [-0.05, 0) is 18.6 Å². The van der Waals surface area contributed by atoms with E-state index in [-0.39, 0.29) is 23.3 Å². The van der Waals surface area contributed by atoms with Crippen LogP contribution in [0.1, 0.15) is 19.8 Å². The number of para-hydroxylation sites is 1. The van der Waals surface area contributed by atoms with Crippen molar-refractivity contribution >= 4 is 21.4 Å². The topological polar surface area (TPSA) is 89.3 Å². The highest BCUT2D eigenvalue weighted by Gasteiger charge is 2.15. The molecule has 0 heterocycles. The van der Waals surface area contributed by atoms with Crippen molar-refractivity contribution in [2.45, 2.75) is 30.7 Å². The number of nitrogens with one attached hydrogen (secondary N) is 1. The molecule has 100 valence electrons. The Bertz CT molecular complexity index is 526. The van der Waals surface area contributed by atoms with Gasteiger partial charge in [-0.3, -0.25) is 4.79 Å². The van der Waals surface area contributed by atoms with Gasteiger partial charge in [-0.25, -0.2) is 8.42 Å². The van der Waals surface area contributed by atoms with E-state index in [9.17, 15) is 13.2 Å². The number of carbonyl (C=O) groups excluding carboxylic acids is 1. The zero-order valence-corrected chi connectivity index (χ0v) is 11.3. The van der Waals surface area contributed by atoms with E-state index in [0.29, 0.717) is 12.1 Å². The van der Waals surface area contributed by atoms with Crippen LogP contribution in [0.25, 0.3) is 0 Å². The molecule has 6 heteroatoms. The molecule has 1 atom stereocenters. The van der Waals surface area contributed by atoms with E-state index in [1.54, 1.807) is 18.2 Å². The number of hydrogen-bond donors (Lipinski definition) is 2. The van der Waals surface area contributed by atoms with E-state index in [0.717, 1.165) is 6.26 Å². The number of rotatable bonds is 5. The number of anilines is 1. The standard InChI is InChI=1S/C12H18N2O3S/c1-3-9(13)8-12(15)14-10-6-4-5-7-11(10)18(2,16)17/h4-7,9H,3,8,13H2,1-2H3,(H,14,15). The highest BCUT2D eigenvalue weighted by Crippen LogP contribution is 2.20. The fourth-order valence-electron chi connectivity index (χ4n) is 1.48. The lowest BCUT2D eigenvalue weighted by molar-refractivity contribution is -0.116. The number of nitrogens with two attached hydrogens (primary N) is 1. The van der Waals surface area contributed by atoms with Crippen molar-refractivity contribution in [1.82, 2.24) is 0 Å². The first-order valence-electron chi connectivity index (χ1n) is 5.69. The molecular formula is C12H18N2O3S. The SMILES string of the molecule is CCC(N)CC(=O)Nc1ccccc1S(C)(=O)=O. The van der Waals surface area contributed by atoms with E-state index >= 15 is 0 Å². The van der Waals surface area contributed by atoms with Gasteiger partial charge in [0.1, 0.15) is 0 Å². The predicted octanol–water partition coefficient (Wildman–Crippen LogP) is 1.16. The van der Waals surface area contributed by atoms with E-state index in [4.69, 9.17) is 5.73 Å². The second-order valence-corrected chi connectivity index (χ2v) is 6.17. The lowest BCUT2D eigenvalue weighted by Gasteiger charge is -2.11. The Labute approximate surface area is 107 Å². The summed E-state index contributed by atoms with van der Waals surface area (Å²) in [7, 11) is -3.36. The first kappa shape index (κ1) is 14.7. The average Bonchev–Trinajstić information content (AvgIpc) is 2.27. The quantitative estimate of drug-likeness (QED) is 0.840. The molecule has 0 spiro atoms. The molecule has 1 aromatic carbocycles. The molecule has 1 unspecified atom stereocenters. The van der Waals surface area contributed by atoms with Crippen LogP contribution < -0.4 is 11.1 Å². The Morgan fingerprint density at radius 3 is 2.56 bits per heavy atom. The van der Waals surface area contributed by atoms with Crippen molar-refractivity contribution in [3.63, 3.8) is 0 Å². The van der Waals surface area contributed by atoms with E-state index < -0.39 is 9.84 Å². The van der Waals surface area contributed by atoms with Crippen LogP contribution in [0.5, 0.6) is 0 Å². The molecule has 0 saturated heterocycles. The Kier molecular flexibility index (Phi) is 4.86. The van der Waals surface area contributed by atoms with Crippen LogP contribution in [0.2, 0.25) is 0 Å². The number of amides is 1. The minimum Gasteiger partial charge on any atom is -0.327 e. The third-order valence-electron chi connectivity index (χ3n) is 2.53. The number of hydrogen-bond acceptors (Lipinski definition) is 4. The van der Waals surface area contributed by atoms with Crippen LogP contribution in [0.15, 0.2) is 29.2 Å². The maximum atomic E-state index is 11.7. The number of sulfone groups is 1. The second kappa shape index (κ2) is 5.97. The van der Waals surface area contributed by atoms with Gasteiger partial charge in [0, 0.05) is 18.7 Å². The molecular weight excluding hydrogens is 252 g/mol. The molecule has 0 aliphatic carbocycles. The zero-order valence-electron chi connectivity index (χ0n) is 10.5. The summed E-state index contributed by atoms with van der Waals surface area (Å²) in [4.78, 5) is 11.8. The van der Waals surface area contributed by atoms with Gasteiger partial charge < -0.3 is 11.1 Å². The molecule has 0 radical (unpaired) electrons. The van der Waals surface area contributed by atoms with Crippen LogP contribution in [0.4, 0.5) is 5.69 Å². The van der Waals surface area contributed by atoms with Crippen LogP contribution >= 0.6 is 0 Å². The van der Waals surface area contributed by atoms with E-state index in [2.05, 4.69) is 5.32 Å². The van der Waals surface area contributed by atoms with Gasteiger partial charge in [-0.2, -0.15) is 0 Å². The van der Waals surface area contributed by atoms with Crippen molar-refractivity contribution in [2.24, 2.45) is 5.73 Å². The summed E-state index contributed by atoms with van der Waals surface area (Å²) in [6.45, 7) is 1.89. The molecule has 1 aromatic rings. The minimum atomic E-state index is -3.36. The molecule has 0 saturated carbocycles. The second-order valence-electron chi connectivity index (χ2n) is 4.19. The van der Waals surface area contributed by atoms with Gasteiger partial charge in [-0.1, -0.05) is 19.1 Å². The third-order valence-corrected chi connectivity index (χ3v) is 3.69. The maximum Gasteiger partial charge on any atom is 0.225 e. The summed E-state index contributed by atoms with van der Waals surface area (Å²) < 4.78 is 23.1. The molecule has 3 N–H and O–H groups in total. The van der Waals surface area contributed by atoms with Gasteiger partial charge >= 0.3 is 0 Å². The lowest BCUT2D eigenvalue weighted by Crippen LogP contribution is -2.26. The van der Waals surface area contributed by atoms with Gasteiger partial charge in [-0.15, -0.1) is 0 Å². The normalized spacial score (nSPS) is 13.1. The van der Waals surface area contributed by atoms with Gasteiger partial charge in [0.25, 0.3) is 0 Å². The Morgan fingerprint density at radius 1 is 1.39 bits per heavy atom. The largest absolute Gasteiger partial charge is 0.327 e. The summed E-state index contributed by atoms with van der Waals surface area (Å²) in [5, 5.41) is 2.58. The van der Waals surface area contributed by atoms with Crippen molar-refractivity contribution < 1.29 is 13.2 Å². The molecule has 0 aliphatic heterocycles. The van der Waals surface area contributed by atoms with Crippen molar-refractivity contribution in [2.75, 3.05) is 11.6 Å². The Hall–Kier alpha value is -1.40. The molecule has 5 nitrogen and oxygen atoms in total. The van der Waals surface area contributed by atoms with E-state index in [1.165, 1.54) is 6.07 Å². The minimum absolute atomic E-state index is 0.114. The van der Waals surface area contributed by atoms with E-state index in [1.807, 2.05) is 6.92 Å². The lowest BCUT2D eigenvalue weighted by atomic mass is 10.1. The zero-order chi connectivity index (χ0) is 13.8. The molecule has 1 amide bonds. The molecule has 0 fully saturated rings. The van der Waals surface area contributed by atoms with Gasteiger partial charge in [0.05, 0.1) is 10.6 Å². The predicted molar refractivity (Wildman–Crippen MR) is 71.1 cm³/mol. The van der Waals surface area contributed by atoms with Crippen LogP contribution in [-0.2, 0) is 14.6 Å². The van der Waals surface area contributed by atoms with Gasteiger partial charge in [0.15, 0.2) is 9.84 Å².